The van der Waals surface area contributed by atoms with Crippen molar-refractivity contribution in [2.75, 3.05) is 7.11 Å². The predicted octanol–water partition coefficient (Wildman–Crippen LogP) is 2.73. The average molecular weight is 392 g/mol. The topological polar surface area (TPSA) is 116 Å². The minimum Gasteiger partial charge on any atom is -0.469 e. The Morgan fingerprint density at radius 3 is 2.37 bits per heavy atom. The zero-order chi connectivity index (χ0) is 20.2. The number of nitro benzene ring substituents is 1. The van der Waals surface area contributed by atoms with Crippen molar-refractivity contribution >= 4 is 21.7 Å². The van der Waals surface area contributed by atoms with Gasteiger partial charge in [0, 0.05) is 12.1 Å². The van der Waals surface area contributed by atoms with E-state index in [4.69, 9.17) is 4.74 Å². The van der Waals surface area contributed by atoms with Crippen molar-refractivity contribution in [3.63, 3.8) is 0 Å². The molecule has 2 unspecified atom stereocenters. The molecule has 0 spiro atoms. The van der Waals surface area contributed by atoms with Crippen molar-refractivity contribution in [1.29, 1.82) is 0 Å². The van der Waals surface area contributed by atoms with Crippen molar-refractivity contribution in [2.45, 2.75) is 24.8 Å². The molecule has 8 nitrogen and oxygen atoms in total. The number of nitrogens with one attached hydrogen (secondary N) is 1. The number of hydrogen-bond donors (Lipinski definition) is 1. The predicted molar refractivity (Wildman–Crippen MR) is 98.5 cm³/mol. The number of esters is 1. The lowest BCUT2D eigenvalue weighted by Crippen LogP contribution is -2.36. The molecule has 0 fully saturated rings. The number of sulfonamides is 1. The van der Waals surface area contributed by atoms with Crippen LogP contribution >= 0.6 is 0 Å². The van der Waals surface area contributed by atoms with Crippen LogP contribution in [0.5, 0.6) is 0 Å². The first-order valence-electron chi connectivity index (χ1n) is 8.07. The lowest BCUT2D eigenvalue weighted by Gasteiger charge is -2.24. The number of benzene rings is 2. The highest BCUT2D eigenvalue weighted by atomic mass is 32.2. The third kappa shape index (κ3) is 4.69. The fourth-order valence-electron chi connectivity index (χ4n) is 2.66. The maximum Gasteiger partial charge on any atom is 0.310 e. The zero-order valence-electron chi connectivity index (χ0n) is 15.1. The van der Waals surface area contributed by atoms with Crippen LogP contribution in [0.25, 0.3) is 0 Å². The number of rotatable bonds is 7. The number of ether oxygens (including phenoxy) is 1. The molecule has 2 aromatic rings. The fraction of sp³-hybridized carbons (Fsp3) is 0.278. The Balaban J connectivity index is 2.49. The summed E-state index contributed by atoms with van der Waals surface area (Å²) in [4.78, 5) is 22.1. The van der Waals surface area contributed by atoms with Crippen molar-refractivity contribution < 1.29 is 22.9 Å². The molecule has 9 heteroatoms. The van der Waals surface area contributed by atoms with Gasteiger partial charge >= 0.3 is 5.97 Å². The Hall–Kier alpha value is -2.78. The maximum absolute atomic E-state index is 12.9. The summed E-state index contributed by atoms with van der Waals surface area (Å²) in [5, 5.41) is 11.0. The van der Waals surface area contributed by atoms with Gasteiger partial charge in [-0.15, -0.1) is 0 Å². The summed E-state index contributed by atoms with van der Waals surface area (Å²) >= 11 is 0. The summed E-state index contributed by atoms with van der Waals surface area (Å²) in [6.45, 7) is 3.09. The van der Waals surface area contributed by atoms with Gasteiger partial charge in [-0.25, -0.2) is 13.1 Å². The SMILES string of the molecule is COC(=O)C(C)C(NS(=O)(=O)c1cc([N+](=O)[O-])ccc1C)c1ccccc1. The number of hydrogen-bond acceptors (Lipinski definition) is 6. The highest BCUT2D eigenvalue weighted by molar-refractivity contribution is 7.89. The molecule has 0 saturated carbocycles. The number of methoxy groups -OCH3 is 1. The third-order valence-corrected chi connectivity index (χ3v) is 5.77. The minimum atomic E-state index is -4.14. The van der Waals surface area contributed by atoms with Crippen molar-refractivity contribution in [1.82, 2.24) is 4.72 Å². The average Bonchev–Trinajstić information content (AvgIpc) is 2.65. The number of aryl methyl sites for hydroxylation is 1. The Bertz CT molecular complexity index is 944. The molecule has 0 aliphatic rings. The van der Waals surface area contributed by atoms with Crippen LogP contribution < -0.4 is 4.72 Å². The molecule has 2 atom stereocenters. The molecule has 0 aliphatic heterocycles. The second-order valence-corrected chi connectivity index (χ2v) is 7.71. The van der Waals surface area contributed by atoms with Gasteiger partial charge in [-0.1, -0.05) is 43.3 Å². The summed E-state index contributed by atoms with van der Waals surface area (Å²) in [5.74, 6) is -1.39. The minimum absolute atomic E-state index is 0.213. The molecule has 0 bridgehead atoms. The first kappa shape index (κ1) is 20.5. The number of nitro groups is 1. The van der Waals surface area contributed by atoms with Gasteiger partial charge < -0.3 is 4.74 Å². The molecule has 144 valence electrons. The van der Waals surface area contributed by atoms with E-state index in [2.05, 4.69) is 4.72 Å². The van der Waals surface area contributed by atoms with Crippen LogP contribution in [0.1, 0.15) is 24.1 Å². The van der Waals surface area contributed by atoms with E-state index in [0.717, 1.165) is 6.07 Å². The van der Waals surface area contributed by atoms with E-state index in [0.29, 0.717) is 11.1 Å². The normalized spacial score (nSPS) is 13.6. The summed E-state index contributed by atoms with van der Waals surface area (Å²) in [6.07, 6.45) is 0. The van der Waals surface area contributed by atoms with E-state index in [-0.39, 0.29) is 10.6 Å². The highest BCUT2D eigenvalue weighted by Crippen LogP contribution is 2.28. The summed E-state index contributed by atoms with van der Waals surface area (Å²) in [6, 6.07) is 11.3. The molecule has 2 aromatic carbocycles. The van der Waals surface area contributed by atoms with Crippen LogP contribution in [0, 0.1) is 23.0 Å². The molecular weight excluding hydrogens is 372 g/mol. The first-order valence-corrected chi connectivity index (χ1v) is 9.56. The number of non-ortho nitro benzene ring substituents is 1. The van der Waals surface area contributed by atoms with Gasteiger partial charge in [0.05, 0.1) is 28.9 Å². The quantitative estimate of drug-likeness (QED) is 0.440. The van der Waals surface area contributed by atoms with Gasteiger partial charge in [-0.2, -0.15) is 0 Å². The molecule has 0 amide bonds. The van der Waals surface area contributed by atoms with Gasteiger partial charge in [-0.05, 0) is 18.1 Å². The lowest BCUT2D eigenvalue weighted by molar-refractivity contribution is -0.385. The van der Waals surface area contributed by atoms with E-state index in [1.54, 1.807) is 44.2 Å². The molecule has 0 saturated heterocycles. The second kappa shape index (κ2) is 8.28. The van der Waals surface area contributed by atoms with Crippen LogP contribution in [-0.4, -0.2) is 26.4 Å². The van der Waals surface area contributed by atoms with Crippen molar-refractivity contribution in [3.05, 3.63) is 69.8 Å². The Morgan fingerprint density at radius 2 is 1.81 bits per heavy atom. The van der Waals surface area contributed by atoms with Crippen molar-refractivity contribution in [2.24, 2.45) is 5.92 Å². The molecule has 0 radical (unpaired) electrons. The largest absolute Gasteiger partial charge is 0.469 e. The Morgan fingerprint density at radius 1 is 1.19 bits per heavy atom. The lowest BCUT2D eigenvalue weighted by atomic mass is 9.95. The van der Waals surface area contributed by atoms with Gasteiger partial charge in [0.1, 0.15) is 0 Å². The van der Waals surface area contributed by atoms with Gasteiger partial charge in [0.25, 0.3) is 5.69 Å². The molecular formula is C18H20N2O6S. The number of carbonyl (C=O) groups excluding carboxylic acids is 1. The number of nitrogens with zero attached hydrogens (tertiary/aromatic N) is 1. The van der Waals surface area contributed by atoms with E-state index < -0.39 is 32.9 Å². The number of carbonyl (C=O) groups is 1. The van der Waals surface area contributed by atoms with E-state index in [1.807, 2.05) is 0 Å². The van der Waals surface area contributed by atoms with Crippen LogP contribution in [0.4, 0.5) is 5.69 Å². The van der Waals surface area contributed by atoms with Crippen LogP contribution in [0.15, 0.2) is 53.4 Å². The van der Waals surface area contributed by atoms with E-state index in [1.165, 1.54) is 19.2 Å². The monoisotopic (exact) mass is 392 g/mol. The van der Waals surface area contributed by atoms with E-state index >= 15 is 0 Å². The van der Waals surface area contributed by atoms with Gasteiger partial charge in [0.2, 0.25) is 10.0 Å². The Kier molecular flexibility index (Phi) is 6.29. The van der Waals surface area contributed by atoms with Gasteiger partial charge in [0.15, 0.2) is 0 Å². The van der Waals surface area contributed by atoms with E-state index in [9.17, 15) is 23.3 Å². The molecule has 0 aliphatic carbocycles. The van der Waals surface area contributed by atoms with Crippen molar-refractivity contribution in [3.8, 4) is 0 Å². The summed E-state index contributed by atoms with van der Waals surface area (Å²) in [5.41, 5.74) is 0.589. The van der Waals surface area contributed by atoms with Gasteiger partial charge in [-0.3, -0.25) is 14.9 Å². The van der Waals surface area contributed by atoms with Crippen LogP contribution in [0.3, 0.4) is 0 Å². The third-order valence-electron chi connectivity index (χ3n) is 4.19. The zero-order valence-corrected chi connectivity index (χ0v) is 15.9. The summed E-state index contributed by atoms with van der Waals surface area (Å²) in [7, 11) is -2.92. The molecule has 1 N–H and O–H groups in total. The smallest absolute Gasteiger partial charge is 0.310 e. The molecule has 27 heavy (non-hydrogen) atoms. The standard InChI is InChI=1S/C18H20N2O6S/c1-12-9-10-15(20(22)23)11-16(12)27(24,25)19-17(13(2)18(21)26-3)14-7-5-4-6-8-14/h4-11,13,17,19H,1-3H3. The molecule has 2 rings (SSSR count). The van der Waals surface area contributed by atoms with Crippen LogP contribution in [-0.2, 0) is 19.6 Å². The Labute approximate surface area is 157 Å². The summed E-state index contributed by atoms with van der Waals surface area (Å²) < 4.78 is 33.1. The maximum atomic E-state index is 12.9. The second-order valence-electron chi connectivity index (χ2n) is 6.03. The highest BCUT2D eigenvalue weighted by Gasteiger charge is 2.32. The van der Waals surface area contributed by atoms with Crippen LogP contribution in [0.2, 0.25) is 0 Å². The molecule has 0 aromatic heterocycles. The molecule has 0 heterocycles. The first-order chi connectivity index (χ1) is 12.7. The fourth-order valence-corrected chi connectivity index (χ4v) is 4.23.